The van der Waals surface area contributed by atoms with Crippen LogP contribution in [0.4, 0.5) is 29.7 Å². The summed E-state index contributed by atoms with van der Waals surface area (Å²) < 4.78 is 39.9. The third kappa shape index (κ3) is 5.32. The Kier molecular flexibility index (Phi) is 7.10. The second-order valence-corrected chi connectivity index (χ2v) is 7.06. The lowest BCUT2D eigenvalue weighted by molar-refractivity contribution is -0.119. The lowest BCUT2D eigenvalue weighted by atomic mass is 10.2. The highest BCUT2D eigenvalue weighted by Gasteiger charge is 2.34. The first-order valence-corrected chi connectivity index (χ1v) is 9.94. The first-order chi connectivity index (χ1) is 14.8. The maximum absolute atomic E-state index is 14.9. The number of hydrogen-bond acceptors (Lipinski definition) is 7. The number of rotatable bonds is 5. The molecular weight excluding hydrogens is 416 g/mol. The monoisotopic (exact) mass is 441 g/mol. The average molecular weight is 441 g/mol. The van der Waals surface area contributed by atoms with Crippen molar-refractivity contribution in [3.63, 3.8) is 0 Å². The first kappa shape index (κ1) is 22.5. The second kappa shape index (κ2) is 9.77. The van der Waals surface area contributed by atoms with Crippen molar-refractivity contribution in [1.29, 1.82) is 0 Å². The molecule has 2 N–H and O–H groups in total. The summed E-state index contributed by atoms with van der Waals surface area (Å²) >= 11 is 0. The number of nitrogens with one attached hydrogen (secondary N) is 2. The van der Waals surface area contributed by atoms with E-state index in [1.165, 1.54) is 16.8 Å². The second-order valence-electron chi connectivity index (χ2n) is 7.06. The van der Waals surface area contributed by atoms with Crippen LogP contribution in [-0.2, 0) is 14.3 Å². The number of carbonyl (C=O) groups excluding carboxylic acids is 3. The zero-order valence-electron chi connectivity index (χ0n) is 17.3. The Balaban J connectivity index is 1.71. The van der Waals surface area contributed by atoms with Crippen LogP contribution in [0.15, 0.2) is 12.1 Å². The Bertz CT molecular complexity index is 832. The Hall–Kier alpha value is -3.15. The number of carbonyl (C=O) groups is 3. The molecule has 0 unspecified atom stereocenters. The fourth-order valence-electron chi connectivity index (χ4n) is 3.42. The summed E-state index contributed by atoms with van der Waals surface area (Å²) in [7, 11) is 0. The van der Waals surface area contributed by atoms with Crippen molar-refractivity contribution in [3.8, 4) is 0 Å². The third-order valence-electron chi connectivity index (χ3n) is 4.85. The molecule has 1 aromatic rings. The van der Waals surface area contributed by atoms with Crippen LogP contribution in [0.3, 0.4) is 0 Å². The minimum Gasteiger partial charge on any atom is -0.449 e. The highest BCUT2D eigenvalue weighted by molar-refractivity contribution is 5.90. The van der Waals surface area contributed by atoms with E-state index in [9.17, 15) is 23.2 Å². The van der Waals surface area contributed by atoms with Gasteiger partial charge in [0.05, 0.1) is 31.9 Å². The summed E-state index contributed by atoms with van der Waals surface area (Å²) in [6, 6.07) is 2.14. The Morgan fingerprint density at radius 2 is 1.97 bits per heavy atom. The molecule has 3 amide bonds. The quantitative estimate of drug-likeness (QED) is 0.708. The lowest BCUT2D eigenvalue weighted by Gasteiger charge is -2.25. The van der Waals surface area contributed by atoms with Crippen molar-refractivity contribution in [2.75, 3.05) is 55.7 Å². The normalized spacial score (nSPS) is 19.2. The molecule has 2 fully saturated rings. The highest BCUT2D eigenvalue weighted by atomic mass is 19.1. The molecule has 3 rings (SSSR count). The number of benzene rings is 1. The van der Waals surface area contributed by atoms with Gasteiger partial charge in [0, 0.05) is 38.7 Å². The molecular formula is C19H25F2N5O5. The average Bonchev–Trinajstić information content (AvgIpc) is 2.91. The number of hydrogen-bond donors (Lipinski definition) is 2. The van der Waals surface area contributed by atoms with Crippen molar-refractivity contribution in [3.05, 3.63) is 23.8 Å². The van der Waals surface area contributed by atoms with E-state index in [1.54, 1.807) is 6.92 Å². The zero-order chi connectivity index (χ0) is 22.5. The van der Waals surface area contributed by atoms with Gasteiger partial charge in [-0.25, -0.2) is 28.8 Å². The summed E-state index contributed by atoms with van der Waals surface area (Å²) in [6.07, 6.45) is -1.92. The predicted molar refractivity (Wildman–Crippen MR) is 107 cm³/mol. The van der Waals surface area contributed by atoms with Crippen molar-refractivity contribution >= 4 is 29.5 Å². The van der Waals surface area contributed by atoms with Gasteiger partial charge in [0.25, 0.3) is 0 Å². The van der Waals surface area contributed by atoms with Gasteiger partial charge < -0.3 is 19.7 Å². The standard InChI is InChI=1S/C19H25F2N5O5/c1-3-30-19(29)26-7-6-24(5-4-23-26)17-15(20)8-13(9-16(17)21)25-11-14(31-18(25)28)10-22-12(2)27/h8-9,14,23H,3-7,10-11H2,1-2H3,(H,22,27)/t14-/m0/s1. The molecule has 2 heterocycles. The van der Waals surface area contributed by atoms with Gasteiger partial charge in [0.15, 0.2) is 11.6 Å². The molecule has 0 bridgehead atoms. The van der Waals surface area contributed by atoms with Gasteiger partial charge >= 0.3 is 12.2 Å². The molecule has 2 aliphatic heterocycles. The minimum atomic E-state index is -0.835. The highest BCUT2D eigenvalue weighted by Crippen LogP contribution is 2.31. The van der Waals surface area contributed by atoms with Crippen molar-refractivity contribution in [2.24, 2.45) is 0 Å². The van der Waals surface area contributed by atoms with Gasteiger partial charge in [0.2, 0.25) is 5.91 Å². The zero-order valence-corrected chi connectivity index (χ0v) is 17.3. The summed E-state index contributed by atoms with van der Waals surface area (Å²) in [5, 5.41) is 3.81. The molecule has 31 heavy (non-hydrogen) atoms. The summed E-state index contributed by atoms with van der Waals surface area (Å²) in [6.45, 7) is 4.30. The van der Waals surface area contributed by atoms with Crippen LogP contribution in [0, 0.1) is 11.6 Å². The van der Waals surface area contributed by atoms with Crippen LogP contribution in [0.25, 0.3) is 0 Å². The maximum Gasteiger partial charge on any atom is 0.424 e. The van der Waals surface area contributed by atoms with Crippen LogP contribution >= 0.6 is 0 Å². The van der Waals surface area contributed by atoms with Crippen LogP contribution in [0.5, 0.6) is 0 Å². The number of nitrogens with zero attached hydrogens (tertiary/aromatic N) is 3. The summed E-state index contributed by atoms with van der Waals surface area (Å²) in [4.78, 5) is 37.6. The van der Waals surface area contributed by atoms with Gasteiger partial charge in [0.1, 0.15) is 11.8 Å². The summed E-state index contributed by atoms with van der Waals surface area (Å²) in [5.41, 5.74) is 2.65. The minimum absolute atomic E-state index is 0.0233. The Morgan fingerprint density at radius 3 is 2.61 bits per heavy atom. The van der Waals surface area contributed by atoms with Crippen LogP contribution in [0.1, 0.15) is 13.8 Å². The van der Waals surface area contributed by atoms with Crippen LogP contribution in [-0.4, -0.2) is 75.1 Å². The molecule has 1 aromatic carbocycles. The van der Waals surface area contributed by atoms with E-state index < -0.39 is 29.9 Å². The topological polar surface area (TPSA) is 103 Å². The Labute approximate surface area is 178 Å². The van der Waals surface area contributed by atoms with Crippen molar-refractivity contribution in [2.45, 2.75) is 20.0 Å². The van der Waals surface area contributed by atoms with E-state index in [2.05, 4.69) is 10.7 Å². The van der Waals surface area contributed by atoms with E-state index >= 15 is 0 Å². The predicted octanol–water partition coefficient (Wildman–Crippen LogP) is 1.21. The van der Waals surface area contributed by atoms with Gasteiger partial charge in [-0.2, -0.15) is 0 Å². The Morgan fingerprint density at radius 1 is 1.26 bits per heavy atom. The molecule has 0 aromatic heterocycles. The summed E-state index contributed by atoms with van der Waals surface area (Å²) in [5.74, 6) is -1.94. The van der Waals surface area contributed by atoms with Crippen molar-refractivity contribution < 1.29 is 32.6 Å². The molecule has 10 nitrogen and oxygen atoms in total. The van der Waals surface area contributed by atoms with Gasteiger partial charge in [-0.05, 0) is 6.92 Å². The van der Waals surface area contributed by atoms with E-state index in [4.69, 9.17) is 9.47 Å². The number of amides is 3. The van der Waals surface area contributed by atoms with E-state index in [-0.39, 0.29) is 63.2 Å². The van der Waals surface area contributed by atoms with E-state index in [0.29, 0.717) is 0 Å². The largest absolute Gasteiger partial charge is 0.449 e. The number of cyclic esters (lactones) is 1. The van der Waals surface area contributed by atoms with E-state index in [0.717, 1.165) is 17.0 Å². The molecule has 12 heteroatoms. The molecule has 170 valence electrons. The lowest BCUT2D eigenvalue weighted by Crippen LogP contribution is -2.43. The fraction of sp³-hybridized carbons (Fsp3) is 0.526. The molecule has 1 atom stereocenters. The van der Waals surface area contributed by atoms with Crippen molar-refractivity contribution in [1.82, 2.24) is 15.8 Å². The first-order valence-electron chi connectivity index (χ1n) is 9.94. The molecule has 0 saturated carbocycles. The van der Waals surface area contributed by atoms with Gasteiger partial charge in [-0.3, -0.25) is 9.69 Å². The number of anilines is 2. The van der Waals surface area contributed by atoms with Crippen LogP contribution < -0.4 is 20.5 Å². The molecule has 0 spiro atoms. The smallest absolute Gasteiger partial charge is 0.424 e. The SMILES string of the molecule is CCOC(=O)N1CCN(c2c(F)cc(N3C[C@H](CNC(C)=O)OC3=O)cc2F)CCN1. The van der Waals surface area contributed by atoms with E-state index in [1.807, 2.05) is 0 Å². The number of hydrazine groups is 1. The number of ether oxygens (including phenoxy) is 2. The van der Waals surface area contributed by atoms with Gasteiger partial charge in [-0.15, -0.1) is 0 Å². The number of halogens is 2. The maximum atomic E-state index is 14.9. The molecule has 2 saturated heterocycles. The van der Waals surface area contributed by atoms with Crippen LogP contribution in [0.2, 0.25) is 0 Å². The molecule has 2 aliphatic rings. The van der Waals surface area contributed by atoms with Gasteiger partial charge in [-0.1, -0.05) is 0 Å². The fourth-order valence-corrected chi connectivity index (χ4v) is 3.42. The molecule has 0 aliphatic carbocycles. The third-order valence-corrected chi connectivity index (χ3v) is 4.85. The molecule has 0 radical (unpaired) electrons.